The van der Waals surface area contributed by atoms with Crippen molar-refractivity contribution in [1.29, 1.82) is 0 Å². The van der Waals surface area contributed by atoms with Gasteiger partial charge in [0.2, 0.25) is 0 Å². The van der Waals surface area contributed by atoms with E-state index in [1.807, 2.05) is 0 Å². The van der Waals surface area contributed by atoms with E-state index >= 15 is 0 Å². The number of hydrogen-bond donors (Lipinski definition) is 2. The minimum absolute atomic E-state index is 0. The number of amides is 1. The lowest BCUT2D eigenvalue weighted by Gasteiger charge is -2.16. The van der Waals surface area contributed by atoms with E-state index in [4.69, 9.17) is 5.73 Å². The van der Waals surface area contributed by atoms with E-state index in [0.29, 0.717) is 11.5 Å². The topological polar surface area (TPSA) is 68.0 Å². The Hall–Kier alpha value is -1.29. The summed E-state index contributed by atoms with van der Waals surface area (Å²) in [6.45, 7) is 2.28. The maximum atomic E-state index is 12.0. The average Bonchev–Trinajstić information content (AvgIpc) is 2.54. The summed E-state index contributed by atoms with van der Waals surface area (Å²) in [7, 11) is 0. The summed E-state index contributed by atoms with van der Waals surface area (Å²) >= 11 is 0. The van der Waals surface area contributed by atoms with Crippen molar-refractivity contribution >= 4 is 24.1 Å². The number of carbonyl (C=O) groups excluding carboxylic acids is 1. The number of pyridine rings is 1. The van der Waals surface area contributed by atoms with Gasteiger partial charge in [0.15, 0.2) is 0 Å². The van der Waals surface area contributed by atoms with Crippen LogP contribution in [0.3, 0.4) is 0 Å². The van der Waals surface area contributed by atoms with Crippen molar-refractivity contribution in [2.75, 3.05) is 5.73 Å². The number of anilines is 1. The third-order valence-electron chi connectivity index (χ3n) is 3.60. The van der Waals surface area contributed by atoms with Crippen LogP contribution in [0.25, 0.3) is 0 Å². The number of rotatable bonds is 2. The zero-order chi connectivity index (χ0) is 13.0. The molecule has 0 spiro atoms. The Morgan fingerprint density at radius 2 is 2.11 bits per heavy atom. The van der Waals surface area contributed by atoms with E-state index in [1.54, 1.807) is 18.2 Å². The largest absolute Gasteiger partial charge is 0.384 e. The Bertz CT molecular complexity index is 425. The van der Waals surface area contributed by atoms with Crippen LogP contribution in [0.2, 0.25) is 0 Å². The fourth-order valence-electron chi connectivity index (χ4n) is 2.47. The molecule has 1 aliphatic rings. The highest BCUT2D eigenvalue weighted by Crippen LogP contribution is 2.22. The minimum atomic E-state index is -0.109. The van der Waals surface area contributed by atoms with Crippen LogP contribution in [0.15, 0.2) is 18.2 Å². The summed E-state index contributed by atoms with van der Waals surface area (Å²) in [6.07, 6.45) is 5.78. The van der Waals surface area contributed by atoms with Gasteiger partial charge in [-0.1, -0.05) is 25.8 Å². The third-order valence-corrected chi connectivity index (χ3v) is 3.60. The highest BCUT2D eigenvalue weighted by Gasteiger charge is 2.19. The molecule has 0 aliphatic heterocycles. The zero-order valence-electron chi connectivity index (χ0n) is 11.3. The lowest BCUT2D eigenvalue weighted by atomic mass is 10.0. The van der Waals surface area contributed by atoms with Crippen molar-refractivity contribution in [3.05, 3.63) is 23.9 Å². The van der Waals surface area contributed by atoms with Crippen LogP contribution in [0.1, 0.15) is 49.5 Å². The van der Waals surface area contributed by atoms with Crippen molar-refractivity contribution < 1.29 is 4.79 Å². The molecule has 5 heteroatoms. The van der Waals surface area contributed by atoms with Crippen LogP contribution < -0.4 is 11.1 Å². The molecule has 1 aromatic heterocycles. The fourth-order valence-corrected chi connectivity index (χ4v) is 2.47. The van der Waals surface area contributed by atoms with Gasteiger partial charge in [0.25, 0.3) is 5.91 Å². The predicted octanol–water partition coefficient (Wildman–Crippen LogP) is 2.78. The van der Waals surface area contributed by atoms with Gasteiger partial charge in [0, 0.05) is 6.04 Å². The first kappa shape index (κ1) is 15.8. The second kappa shape index (κ2) is 7.34. The van der Waals surface area contributed by atoms with E-state index in [0.717, 1.165) is 18.8 Å². The molecule has 2 rings (SSSR count). The molecule has 0 bridgehead atoms. The number of nitrogens with two attached hydrogens (primary N) is 1. The molecule has 0 saturated heterocycles. The summed E-state index contributed by atoms with van der Waals surface area (Å²) in [4.78, 5) is 16.1. The van der Waals surface area contributed by atoms with Gasteiger partial charge in [-0.2, -0.15) is 0 Å². The Kier molecular flexibility index (Phi) is 6.09. The van der Waals surface area contributed by atoms with Crippen LogP contribution >= 0.6 is 12.4 Å². The molecule has 1 aromatic rings. The molecule has 1 amide bonds. The molecule has 1 saturated carbocycles. The Balaban J connectivity index is 0.00000180. The minimum Gasteiger partial charge on any atom is -0.384 e. The van der Waals surface area contributed by atoms with Crippen molar-refractivity contribution in [2.24, 2.45) is 5.92 Å². The SMILES string of the molecule is CC1CCCC(NC(=O)c2cccc(N)n2)CC1.Cl. The second-order valence-corrected chi connectivity index (χ2v) is 5.23. The van der Waals surface area contributed by atoms with E-state index in [-0.39, 0.29) is 24.4 Å². The lowest BCUT2D eigenvalue weighted by Crippen LogP contribution is -2.35. The summed E-state index contributed by atoms with van der Waals surface area (Å²) in [6, 6.07) is 5.42. The monoisotopic (exact) mass is 283 g/mol. The molecule has 106 valence electrons. The fraction of sp³-hybridized carbons (Fsp3) is 0.571. The highest BCUT2D eigenvalue weighted by atomic mass is 35.5. The maximum absolute atomic E-state index is 12.0. The summed E-state index contributed by atoms with van der Waals surface area (Å²) in [5.41, 5.74) is 5.99. The normalized spacial score (nSPS) is 23.0. The number of carbonyl (C=O) groups is 1. The van der Waals surface area contributed by atoms with E-state index in [9.17, 15) is 4.79 Å². The van der Waals surface area contributed by atoms with E-state index in [1.165, 1.54) is 19.3 Å². The van der Waals surface area contributed by atoms with Crippen molar-refractivity contribution in [1.82, 2.24) is 10.3 Å². The van der Waals surface area contributed by atoms with Crippen LogP contribution in [0.5, 0.6) is 0 Å². The molecular weight excluding hydrogens is 262 g/mol. The molecule has 0 aromatic carbocycles. The molecule has 1 fully saturated rings. The van der Waals surface area contributed by atoms with Crippen LogP contribution in [-0.2, 0) is 0 Å². The predicted molar refractivity (Wildman–Crippen MR) is 79.4 cm³/mol. The number of halogens is 1. The molecule has 1 aliphatic carbocycles. The summed E-state index contributed by atoms with van der Waals surface area (Å²) in [5.74, 6) is 1.05. The average molecular weight is 284 g/mol. The molecule has 19 heavy (non-hydrogen) atoms. The van der Waals surface area contributed by atoms with E-state index < -0.39 is 0 Å². The van der Waals surface area contributed by atoms with Crippen molar-refractivity contribution in [2.45, 2.75) is 45.1 Å². The molecule has 2 atom stereocenters. The van der Waals surface area contributed by atoms with E-state index in [2.05, 4.69) is 17.2 Å². The van der Waals surface area contributed by atoms with Gasteiger partial charge in [-0.15, -0.1) is 12.4 Å². The van der Waals surface area contributed by atoms with Gasteiger partial charge in [0.05, 0.1) is 0 Å². The Morgan fingerprint density at radius 1 is 1.32 bits per heavy atom. The zero-order valence-corrected chi connectivity index (χ0v) is 12.1. The first-order chi connectivity index (χ1) is 8.65. The van der Waals surface area contributed by atoms with Crippen LogP contribution in [-0.4, -0.2) is 16.9 Å². The van der Waals surface area contributed by atoms with Gasteiger partial charge < -0.3 is 11.1 Å². The first-order valence-electron chi connectivity index (χ1n) is 6.68. The lowest BCUT2D eigenvalue weighted by molar-refractivity contribution is 0.0928. The number of nitrogens with one attached hydrogen (secondary N) is 1. The number of nitrogen functional groups attached to an aromatic ring is 1. The van der Waals surface area contributed by atoms with Gasteiger partial charge >= 0.3 is 0 Å². The molecule has 3 N–H and O–H groups in total. The number of nitrogens with zero attached hydrogens (tertiary/aromatic N) is 1. The molecule has 1 heterocycles. The van der Waals surface area contributed by atoms with Crippen molar-refractivity contribution in [3.63, 3.8) is 0 Å². The van der Waals surface area contributed by atoms with Crippen molar-refractivity contribution in [3.8, 4) is 0 Å². The third kappa shape index (κ3) is 4.71. The van der Waals surface area contributed by atoms with Crippen LogP contribution in [0.4, 0.5) is 5.82 Å². The Morgan fingerprint density at radius 3 is 2.84 bits per heavy atom. The maximum Gasteiger partial charge on any atom is 0.270 e. The summed E-state index contributed by atoms with van der Waals surface area (Å²) < 4.78 is 0. The molecular formula is C14H22ClN3O. The number of hydrogen-bond acceptors (Lipinski definition) is 3. The van der Waals surface area contributed by atoms with Gasteiger partial charge in [0.1, 0.15) is 11.5 Å². The van der Waals surface area contributed by atoms with Gasteiger partial charge in [-0.05, 0) is 37.3 Å². The van der Waals surface area contributed by atoms with Crippen LogP contribution in [0, 0.1) is 5.92 Å². The first-order valence-corrected chi connectivity index (χ1v) is 6.68. The molecule has 4 nitrogen and oxygen atoms in total. The number of aromatic nitrogens is 1. The summed E-state index contributed by atoms with van der Waals surface area (Å²) in [5, 5.41) is 3.07. The highest BCUT2D eigenvalue weighted by molar-refractivity contribution is 5.92. The smallest absolute Gasteiger partial charge is 0.270 e. The van der Waals surface area contributed by atoms with Gasteiger partial charge in [-0.25, -0.2) is 4.98 Å². The quantitative estimate of drug-likeness (QED) is 0.820. The standard InChI is InChI=1S/C14H21N3O.ClH/c1-10-4-2-5-11(9-8-10)16-14(18)12-6-3-7-13(15)17-12;/h3,6-7,10-11H,2,4-5,8-9H2,1H3,(H2,15,17)(H,16,18);1H. The molecule has 0 radical (unpaired) electrons. The molecule has 2 unspecified atom stereocenters. The Labute approximate surface area is 120 Å². The van der Waals surface area contributed by atoms with Gasteiger partial charge in [-0.3, -0.25) is 4.79 Å². The second-order valence-electron chi connectivity index (χ2n) is 5.23.